The molecule has 0 atom stereocenters. The average Bonchev–Trinajstić information content (AvgIpc) is 3.01. The number of rotatable bonds is 7. The highest BCUT2D eigenvalue weighted by molar-refractivity contribution is 5.76. The zero-order valence-corrected chi connectivity index (χ0v) is 21.2. The molecule has 5 rings (SSSR count). The van der Waals surface area contributed by atoms with Crippen LogP contribution in [0.25, 0.3) is 0 Å². The summed E-state index contributed by atoms with van der Waals surface area (Å²) < 4.78 is 0. The molecule has 0 aliphatic heterocycles. The molecule has 3 heteroatoms. The van der Waals surface area contributed by atoms with Crippen molar-refractivity contribution in [3.05, 3.63) is 162 Å². The summed E-state index contributed by atoms with van der Waals surface area (Å²) in [6.07, 6.45) is 0. The Hall–Kier alpha value is -5.12. The second-order valence-corrected chi connectivity index (χ2v) is 9.38. The van der Waals surface area contributed by atoms with E-state index in [1.165, 1.54) is 0 Å². The highest BCUT2D eigenvalue weighted by atomic mass is 15.1. The first kappa shape index (κ1) is 24.6. The molecule has 0 amide bonds. The molecule has 0 N–H and O–H groups in total. The van der Waals surface area contributed by atoms with Crippen molar-refractivity contribution in [3.8, 4) is 12.1 Å². The molecule has 0 aliphatic rings. The molecular weight excluding hydrogens is 462 g/mol. The largest absolute Gasteiger partial charge is 0.311 e. The van der Waals surface area contributed by atoms with Crippen molar-refractivity contribution in [2.75, 3.05) is 4.90 Å². The summed E-state index contributed by atoms with van der Waals surface area (Å²) in [7, 11) is 0. The van der Waals surface area contributed by atoms with Crippen LogP contribution in [0, 0.1) is 22.7 Å². The molecule has 0 aromatic heterocycles. The molecule has 38 heavy (non-hydrogen) atoms. The Kier molecular flexibility index (Phi) is 6.77. The van der Waals surface area contributed by atoms with Crippen LogP contribution in [0.3, 0.4) is 0 Å². The van der Waals surface area contributed by atoms with Crippen molar-refractivity contribution in [3.63, 3.8) is 0 Å². The van der Waals surface area contributed by atoms with Gasteiger partial charge in [0.05, 0.1) is 17.6 Å². The number of hydrogen-bond donors (Lipinski definition) is 0. The lowest BCUT2D eigenvalue weighted by molar-refractivity contribution is 0.433. The molecule has 0 fully saturated rings. The van der Waals surface area contributed by atoms with Crippen molar-refractivity contribution in [1.82, 2.24) is 0 Å². The van der Waals surface area contributed by atoms with Crippen LogP contribution in [0.2, 0.25) is 0 Å². The molecule has 0 saturated heterocycles. The Labute approximate surface area is 224 Å². The molecular formula is C35H27N3. The van der Waals surface area contributed by atoms with Crippen LogP contribution in [0.5, 0.6) is 0 Å². The molecule has 0 bridgehead atoms. The predicted molar refractivity (Wildman–Crippen MR) is 153 cm³/mol. The molecule has 0 spiro atoms. The van der Waals surface area contributed by atoms with E-state index in [4.69, 9.17) is 0 Å². The van der Waals surface area contributed by atoms with Crippen molar-refractivity contribution >= 4 is 17.1 Å². The van der Waals surface area contributed by atoms with Gasteiger partial charge in [-0.15, -0.1) is 0 Å². The number of benzene rings is 5. The molecule has 3 nitrogen and oxygen atoms in total. The lowest BCUT2D eigenvalue weighted by Gasteiger charge is -2.41. The normalized spacial score (nSPS) is 11.2. The third-order valence-electron chi connectivity index (χ3n) is 7.37. The first-order chi connectivity index (χ1) is 18.6. The first-order valence-corrected chi connectivity index (χ1v) is 12.6. The average molecular weight is 490 g/mol. The van der Waals surface area contributed by atoms with E-state index in [0.717, 1.165) is 28.2 Å². The third kappa shape index (κ3) is 4.11. The van der Waals surface area contributed by atoms with Gasteiger partial charge in [0, 0.05) is 17.1 Å². The van der Waals surface area contributed by atoms with Gasteiger partial charge in [-0.1, -0.05) is 109 Å². The standard InChI is InChI=1S/C35H27N3/c1-34(28-14-6-2-7-15-28,29-16-8-3-9-17-29)35(26-36,27-37)30-22-24-33(25-23-30)38(31-18-10-4-11-19-31)32-20-12-5-13-21-32/h2-25H,1H3. The highest BCUT2D eigenvalue weighted by Gasteiger charge is 2.53. The minimum atomic E-state index is -1.47. The van der Waals surface area contributed by atoms with Gasteiger partial charge in [-0.05, 0) is 60.0 Å². The van der Waals surface area contributed by atoms with Crippen LogP contribution >= 0.6 is 0 Å². The van der Waals surface area contributed by atoms with Crippen LogP contribution in [0.1, 0.15) is 23.6 Å². The summed E-state index contributed by atoms with van der Waals surface area (Å²) in [5.41, 5.74) is 3.08. The maximum absolute atomic E-state index is 10.7. The maximum Gasteiger partial charge on any atom is 0.181 e. The van der Waals surface area contributed by atoms with E-state index in [2.05, 4.69) is 41.3 Å². The molecule has 0 unspecified atom stereocenters. The van der Waals surface area contributed by atoms with Gasteiger partial charge in [-0.2, -0.15) is 10.5 Å². The second-order valence-electron chi connectivity index (χ2n) is 9.38. The fraction of sp³-hybridized carbons (Fsp3) is 0.0857. The van der Waals surface area contributed by atoms with Gasteiger partial charge in [0.25, 0.3) is 0 Å². The molecule has 0 aliphatic carbocycles. The fourth-order valence-electron chi connectivity index (χ4n) is 5.27. The Bertz CT molecular complexity index is 1470. The minimum absolute atomic E-state index is 0.655. The second kappa shape index (κ2) is 10.5. The summed E-state index contributed by atoms with van der Waals surface area (Å²) in [5.74, 6) is 0. The van der Waals surface area contributed by atoms with Gasteiger partial charge in [0.2, 0.25) is 0 Å². The van der Waals surface area contributed by atoms with Crippen LogP contribution in [-0.2, 0) is 10.8 Å². The number of nitrogens with zero attached hydrogens (tertiary/aromatic N) is 3. The Morgan fingerprint density at radius 2 is 0.789 bits per heavy atom. The molecule has 5 aromatic carbocycles. The Balaban J connectivity index is 1.67. The van der Waals surface area contributed by atoms with E-state index in [1.807, 2.05) is 128 Å². The van der Waals surface area contributed by atoms with Crippen LogP contribution < -0.4 is 4.90 Å². The molecule has 0 radical (unpaired) electrons. The fourth-order valence-corrected chi connectivity index (χ4v) is 5.27. The van der Waals surface area contributed by atoms with Crippen LogP contribution in [0.15, 0.2) is 146 Å². The van der Waals surface area contributed by atoms with E-state index in [9.17, 15) is 10.5 Å². The van der Waals surface area contributed by atoms with Gasteiger partial charge in [-0.3, -0.25) is 0 Å². The zero-order chi connectivity index (χ0) is 26.4. The van der Waals surface area contributed by atoms with Crippen molar-refractivity contribution < 1.29 is 0 Å². The van der Waals surface area contributed by atoms with Crippen LogP contribution in [0.4, 0.5) is 17.1 Å². The van der Waals surface area contributed by atoms with E-state index in [-0.39, 0.29) is 0 Å². The SMILES string of the molecule is CC(c1ccccc1)(c1ccccc1)C(C#N)(C#N)c1ccc(N(c2ccccc2)c2ccccc2)cc1. The van der Waals surface area contributed by atoms with Gasteiger partial charge in [0.15, 0.2) is 5.41 Å². The quantitative estimate of drug-likeness (QED) is 0.230. The third-order valence-corrected chi connectivity index (χ3v) is 7.37. The zero-order valence-electron chi connectivity index (χ0n) is 21.2. The Morgan fingerprint density at radius 1 is 0.447 bits per heavy atom. The van der Waals surface area contributed by atoms with E-state index in [0.29, 0.717) is 5.56 Å². The van der Waals surface area contributed by atoms with Crippen molar-refractivity contribution in [2.45, 2.75) is 17.8 Å². The predicted octanol–water partition coefficient (Wildman–Crippen LogP) is 8.45. The smallest absolute Gasteiger partial charge is 0.181 e. The summed E-state index contributed by atoms with van der Waals surface area (Å²) in [4.78, 5) is 2.16. The molecule has 0 heterocycles. The lowest BCUT2D eigenvalue weighted by Crippen LogP contribution is -2.46. The van der Waals surface area contributed by atoms with Gasteiger partial charge < -0.3 is 4.90 Å². The summed E-state index contributed by atoms with van der Waals surface area (Å²) in [6.45, 7) is 2.00. The highest BCUT2D eigenvalue weighted by Crippen LogP contribution is 2.49. The van der Waals surface area contributed by atoms with Crippen molar-refractivity contribution in [2.24, 2.45) is 0 Å². The van der Waals surface area contributed by atoms with Gasteiger partial charge >= 0.3 is 0 Å². The lowest BCUT2D eigenvalue weighted by atomic mass is 9.56. The van der Waals surface area contributed by atoms with Crippen LogP contribution in [-0.4, -0.2) is 0 Å². The summed E-state index contributed by atoms with van der Waals surface area (Å²) in [6, 6.07) is 52.8. The monoisotopic (exact) mass is 489 g/mol. The number of anilines is 3. The minimum Gasteiger partial charge on any atom is -0.311 e. The summed E-state index contributed by atoms with van der Waals surface area (Å²) >= 11 is 0. The molecule has 5 aromatic rings. The van der Waals surface area contributed by atoms with Gasteiger partial charge in [0.1, 0.15) is 0 Å². The van der Waals surface area contributed by atoms with E-state index < -0.39 is 10.8 Å². The first-order valence-electron chi connectivity index (χ1n) is 12.6. The molecule has 182 valence electrons. The number of nitriles is 2. The van der Waals surface area contributed by atoms with Crippen molar-refractivity contribution in [1.29, 1.82) is 10.5 Å². The number of para-hydroxylation sites is 2. The molecule has 0 saturated carbocycles. The summed E-state index contributed by atoms with van der Waals surface area (Å²) in [5, 5.41) is 21.5. The Morgan fingerprint density at radius 3 is 1.16 bits per heavy atom. The van der Waals surface area contributed by atoms with Gasteiger partial charge in [-0.25, -0.2) is 0 Å². The number of hydrogen-bond acceptors (Lipinski definition) is 3. The maximum atomic E-state index is 10.7. The van der Waals surface area contributed by atoms with E-state index in [1.54, 1.807) is 0 Å². The van der Waals surface area contributed by atoms with E-state index >= 15 is 0 Å². The topological polar surface area (TPSA) is 50.8 Å².